The van der Waals surface area contributed by atoms with Crippen LogP contribution in [0.4, 0.5) is 0 Å². The Morgan fingerprint density at radius 1 is 0.340 bits per heavy atom. The molecule has 0 bridgehead atoms. The van der Waals surface area contributed by atoms with E-state index in [1.165, 1.54) is 236 Å². The van der Waals surface area contributed by atoms with Gasteiger partial charge >= 0.3 is 9.28 Å². The van der Waals surface area contributed by atoms with Crippen molar-refractivity contribution in [3.05, 3.63) is 0 Å². The molecule has 47 heavy (non-hydrogen) atoms. The monoisotopic (exact) mass is 704 g/mol. The van der Waals surface area contributed by atoms with Gasteiger partial charge in [0.25, 0.3) is 0 Å². The molecular formula is C42H90ClNO2Si. The van der Waals surface area contributed by atoms with Crippen LogP contribution < -0.4 is 12.4 Å². The molecule has 0 fully saturated rings. The lowest BCUT2D eigenvalue weighted by Gasteiger charge is -2.35. The van der Waals surface area contributed by atoms with E-state index in [1.807, 2.05) is 14.2 Å². The SMILES string of the molecule is CCCCCCCCCCCCCCCCCC[N+](C)(CCCCCCCCCCCCCCCCCC)CCC[SiH](OC)OC.[Cl-]. The molecule has 5 heteroatoms. The zero-order valence-corrected chi connectivity index (χ0v) is 35.3. The summed E-state index contributed by atoms with van der Waals surface area (Å²) in [7, 11) is 4.79. The van der Waals surface area contributed by atoms with E-state index in [2.05, 4.69) is 20.9 Å². The number of unbranched alkanes of at least 4 members (excludes halogenated alkanes) is 30. The standard InChI is InChI=1S/C42H90NO2Si.ClH/c1-6-8-10-12-14-16-18-20-22-24-26-28-30-32-34-36-39-43(3,41-38-42-46(44-4)45-5)40-37-35-33-31-29-27-25-23-21-19-17-15-13-11-9-7-2;/h46H,6-42H2,1-5H3;1H/q+1;/p-1. The van der Waals surface area contributed by atoms with Crippen molar-refractivity contribution < 1.29 is 25.7 Å². The van der Waals surface area contributed by atoms with Gasteiger partial charge in [0.2, 0.25) is 0 Å². The van der Waals surface area contributed by atoms with Crippen LogP contribution >= 0.6 is 0 Å². The maximum Gasteiger partial charge on any atom is 0.321 e. The van der Waals surface area contributed by atoms with Gasteiger partial charge in [-0.3, -0.25) is 0 Å². The zero-order chi connectivity index (χ0) is 33.7. The Labute approximate surface area is 306 Å². The minimum Gasteiger partial charge on any atom is -1.00 e. The highest BCUT2D eigenvalue weighted by atomic mass is 35.5. The van der Waals surface area contributed by atoms with Crippen LogP contribution in [-0.2, 0) is 8.85 Å². The molecule has 0 aliphatic heterocycles. The summed E-state index contributed by atoms with van der Waals surface area (Å²) < 4.78 is 12.5. The van der Waals surface area contributed by atoms with Crippen LogP contribution in [0.5, 0.6) is 0 Å². The Morgan fingerprint density at radius 2 is 0.553 bits per heavy atom. The van der Waals surface area contributed by atoms with Crippen molar-refractivity contribution >= 4 is 9.28 Å². The van der Waals surface area contributed by atoms with Crippen molar-refractivity contribution in [1.82, 2.24) is 0 Å². The second-order valence-electron chi connectivity index (χ2n) is 15.4. The zero-order valence-electron chi connectivity index (χ0n) is 33.4. The molecule has 0 rings (SSSR count). The van der Waals surface area contributed by atoms with E-state index in [0.717, 1.165) is 6.04 Å². The van der Waals surface area contributed by atoms with E-state index in [1.54, 1.807) is 0 Å². The molecule has 0 unspecified atom stereocenters. The van der Waals surface area contributed by atoms with Crippen molar-refractivity contribution in [2.45, 2.75) is 232 Å². The third-order valence-corrected chi connectivity index (χ3v) is 12.7. The van der Waals surface area contributed by atoms with Gasteiger partial charge in [-0.15, -0.1) is 0 Å². The second-order valence-corrected chi connectivity index (χ2v) is 17.8. The molecular weight excluding hydrogens is 614 g/mol. The van der Waals surface area contributed by atoms with Gasteiger partial charge in [0, 0.05) is 14.2 Å². The third kappa shape index (κ3) is 37.5. The Bertz CT molecular complexity index is 527. The predicted octanol–water partition coefficient (Wildman–Crippen LogP) is 10.9. The normalized spacial score (nSPS) is 11.9. The summed E-state index contributed by atoms with van der Waals surface area (Å²) in [4.78, 5) is 0. The highest BCUT2D eigenvalue weighted by molar-refractivity contribution is 6.44. The first-order valence-corrected chi connectivity index (χ1v) is 23.3. The van der Waals surface area contributed by atoms with Gasteiger partial charge in [-0.25, -0.2) is 0 Å². The van der Waals surface area contributed by atoms with Gasteiger partial charge in [0.05, 0.1) is 26.7 Å². The van der Waals surface area contributed by atoms with Gasteiger partial charge < -0.3 is 25.7 Å². The average Bonchev–Trinajstić information content (AvgIpc) is 3.06. The van der Waals surface area contributed by atoms with Crippen LogP contribution in [0.25, 0.3) is 0 Å². The molecule has 0 aliphatic rings. The van der Waals surface area contributed by atoms with Gasteiger partial charge in [0.1, 0.15) is 0 Å². The van der Waals surface area contributed by atoms with E-state index in [0.29, 0.717) is 0 Å². The number of quaternary nitrogens is 1. The summed E-state index contributed by atoms with van der Waals surface area (Å²) in [5, 5.41) is 0. The molecule has 0 N–H and O–H groups in total. The summed E-state index contributed by atoms with van der Waals surface area (Å²) in [5.74, 6) is 0. The molecule has 0 radical (unpaired) electrons. The molecule has 0 amide bonds. The number of nitrogens with zero attached hydrogens (tertiary/aromatic N) is 1. The summed E-state index contributed by atoms with van der Waals surface area (Å²) in [5.41, 5.74) is 0. The van der Waals surface area contributed by atoms with Gasteiger partial charge in [-0.05, 0) is 38.1 Å². The first-order valence-electron chi connectivity index (χ1n) is 21.5. The van der Waals surface area contributed by atoms with Gasteiger partial charge in [0.15, 0.2) is 0 Å². The third-order valence-electron chi connectivity index (χ3n) is 10.8. The minimum atomic E-state index is -1.43. The van der Waals surface area contributed by atoms with Crippen LogP contribution in [0, 0.1) is 0 Å². The molecule has 0 saturated heterocycles. The smallest absolute Gasteiger partial charge is 0.321 e. The molecule has 0 aromatic rings. The molecule has 0 aromatic carbocycles. The van der Waals surface area contributed by atoms with Crippen LogP contribution in [-0.4, -0.2) is 54.7 Å². The van der Waals surface area contributed by atoms with Crippen molar-refractivity contribution in [2.75, 3.05) is 40.9 Å². The van der Waals surface area contributed by atoms with Crippen molar-refractivity contribution in [3.8, 4) is 0 Å². The second kappa shape index (κ2) is 40.8. The fourth-order valence-corrected chi connectivity index (χ4v) is 8.57. The summed E-state index contributed by atoms with van der Waals surface area (Å²) in [6.45, 7) is 8.65. The molecule has 0 heterocycles. The van der Waals surface area contributed by atoms with Crippen LogP contribution in [0.1, 0.15) is 226 Å². The van der Waals surface area contributed by atoms with Crippen molar-refractivity contribution in [1.29, 1.82) is 0 Å². The molecule has 0 aliphatic carbocycles. The summed E-state index contributed by atoms with van der Waals surface area (Å²) in [6, 6.07) is 1.15. The number of hydrogen-bond donors (Lipinski definition) is 0. The minimum absolute atomic E-state index is 0. The van der Waals surface area contributed by atoms with E-state index in [9.17, 15) is 0 Å². The van der Waals surface area contributed by atoms with Gasteiger partial charge in [-0.1, -0.05) is 194 Å². The topological polar surface area (TPSA) is 18.5 Å². The number of hydrogen-bond acceptors (Lipinski definition) is 2. The number of halogens is 1. The Hall–Kier alpha value is 0.387. The number of rotatable bonds is 40. The van der Waals surface area contributed by atoms with Crippen LogP contribution in [0.15, 0.2) is 0 Å². The molecule has 3 nitrogen and oxygen atoms in total. The highest BCUT2D eigenvalue weighted by Gasteiger charge is 2.22. The molecule has 0 atom stereocenters. The van der Waals surface area contributed by atoms with E-state index in [4.69, 9.17) is 8.85 Å². The maximum absolute atomic E-state index is 5.61. The summed E-state index contributed by atoms with van der Waals surface area (Å²) in [6.07, 6.45) is 47.7. The molecule has 0 spiro atoms. The van der Waals surface area contributed by atoms with E-state index in [-0.39, 0.29) is 12.4 Å². The fraction of sp³-hybridized carbons (Fsp3) is 1.00. The Morgan fingerprint density at radius 3 is 0.787 bits per heavy atom. The summed E-state index contributed by atoms with van der Waals surface area (Å²) >= 11 is 0. The average molecular weight is 705 g/mol. The lowest BCUT2D eigenvalue weighted by atomic mass is 10.0. The fourth-order valence-electron chi connectivity index (χ4n) is 7.39. The quantitative estimate of drug-likeness (QED) is 0.0359. The predicted molar refractivity (Wildman–Crippen MR) is 210 cm³/mol. The lowest BCUT2D eigenvalue weighted by Crippen LogP contribution is -3.00. The van der Waals surface area contributed by atoms with Crippen LogP contribution in [0.2, 0.25) is 6.04 Å². The molecule has 0 saturated carbocycles. The van der Waals surface area contributed by atoms with Crippen LogP contribution in [0.3, 0.4) is 0 Å². The van der Waals surface area contributed by atoms with Gasteiger partial charge in [-0.2, -0.15) is 0 Å². The molecule has 286 valence electrons. The largest absolute Gasteiger partial charge is 1.00 e. The first kappa shape index (κ1) is 49.5. The van der Waals surface area contributed by atoms with E-state index >= 15 is 0 Å². The Kier molecular flexibility index (Phi) is 43.0. The Balaban J connectivity index is 0. The van der Waals surface area contributed by atoms with E-state index < -0.39 is 9.28 Å². The van der Waals surface area contributed by atoms with Crippen molar-refractivity contribution in [3.63, 3.8) is 0 Å². The maximum atomic E-state index is 5.61. The first-order chi connectivity index (χ1) is 22.6. The molecule has 0 aromatic heterocycles. The lowest BCUT2D eigenvalue weighted by molar-refractivity contribution is -0.910. The van der Waals surface area contributed by atoms with Crippen molar-refractivity contribution in [2.24, 2.45) is 0 Å². The highest BCUT2D eigenvalue weighted by Crippen LogP contribution is 2.18.